The highest BCUT2D eigenvalue weighted by Crippen LogP contribution is 2.59. The van der Waals surface area contributed by atoms with E-state index in [-0.39, 0.29) is 0 Å². The van der Waals surface area contributed by atoms with Gasteiger partial charge in [-0.1, -0.05) is 0 Å². The second-order valence-corrected chi connectivity index (χ2v) is 7.82. The molecular weight excluding hydrogens is 220 g/mol. The predicted molar refractivity (Wildman–Crippen MR) is 74.5 cm³/mol. The Morgan fingerprint density at radius 2 is 1.44 bits per heavy atom. The molecule has 5 fully saturated rings. The first kappa shape index (κ1) is 11.7. The average Bonchev–Trinajstić information content (AvgIpc) is 3.10. The molecule has 0 aliphatic heterocycles. The van der Waals surface area contributed by atoms with E-state index >= 15 is 0 Å². The Kier molecular flexibility index (Phi) is 2.92. The van der Waals surface area contributed by atoms with Crippen LogP contribution in [0.5, 0.6) is 0 Å². The molecule has 0 aromatic heterocycles. The second kappa shape index (κ2) is 4.49. The van der Waals surface area contributed by atoms with Crippen LogP contribution in [0.15, 0.2) is 0 Å². The molecule has 0 atom stereocenters. The summed E-state index contributed by atoms with van der Waals surface area (Å²) in [7, 11) is 0. The van der Waals surface area contributed by atoms with Gasteiger partial charge in [0.2, 0.25) is 0 Å². The van der Waals surface area contributed by atoms with Crippen molar-refractivity contribution in [2.24, 2.45) is 23.2 Å². The van der Waals surface area contributed by atoms with Gasteiger partial charge in [0, 0.05) is 25.7 Å². The molecule has 4 bridgehead atoms. The largest absolute Gasteiger partial charge is 0.315 e. The van der Waals surface area contributed by atoms with E-state index in [0.717, 1.165) is 23.8 Å². The minimum absolute atomic E-state index is 0.717. The third-order valence-corrected chi connectivity index (χ3v) is 5.98. The Morgan fingerprint density at radius 3 is 2.00 bits per heavy atom. The van der Waals surface area contributed by atoms with Crippen LogP contribution in [-0.2, 0) is 0 Å². The maximum atomic E-state index is 3.76. The molecule has 0 unspecified atom stereocenters. The minimum Gasteiger partial charge on any atom is -0.315 e. The fourth-order valence-corrected chi connectivity index (χ4v) is 5.51. The van der Waals surface area contributed by atoms with E-state index in [0.29, 0.717) is 5.41 Å². The molecule has 0 spiro atoms. The zero-order valence-corrected chi connectivity index (χ0v) is 11.6. The first-order valence-corrected chi connectivity index (χ1v) is 8.25. The maximum absolute atomic E-state index is 3.76. The van der Waals surface area contributed by atoms with E-state index < -0.39 is 0 Å². The highest BCUT2D eigenvalue weighted by atomic mass is 15.0. The molecule has 0 saturated heterocycles. The van der Waals surface area contributed by atoms with E-state index in [1.165, 1.54) is 32.5 Å². The summed E-state index contributed by atoms with van der Waals surface area (Å²) in [6.07, 6.45) is 12.2. The summed E-state index contributed by atoms with van der Waals surface area (Å²) < 4.78 is 0. The Bertz CT molecular complexity index is 273. The molecule has 2 heteroatoms. The van der Waals surface area contributed by atoms with Crippen molar-refractivity contribution in [2.45, 2.75) is 57.4 Å². The SMILES string of the molecule is C(CNC1CC1)NCC12CC3CC(CC(C3)C1)C2. The summed E-state index contributed by atoms with van der Waals surface area (Å²) in [5, 5.41) is 7.37. The fourth-order valence-electron chi connectivity index (χ4n) is 5.51. The molecule has 5 aliphatic carbocycles. The predicted octanol–water partition coefficient (Wildman–Crippen LogP) is 2.54. The zero-order chi connectivity index (χ0) is 12.0. The van der Waals surface area contributed by atoms with Crippen LogP contribution in [0.1, 0.15) is 51.4 Å². The Balaban J connectivity index is 1.25. The highest BCUT2D eigenvalue weighted by Gasteiger charge is 2.50. The van der Waals surface area contributed by atoms with Gasteiger partial charge in [0.05, 0.1) is 0 Å². The van der Waals surface area contributed by atoms with Crippen LogP contribution < -0.4 is 10.6 Å². The highest BCUT2D eigenvalue weighted by molar-refractivity contribution is 5.02. The number of hydrogen-bond acceptors (Lipinski definition) is 2. The van der Waals surface area contributed by atoms with Gasteiger partial charge in [0.25, 0.3) is 0 Å². The van der Waals surface area contributed by atoms with Gasteiger partial charge in [-0.25, -0.2) is 0 Å². The first-order chi connectivity index (χ1) is 8.81. The summed E-state index contributed by atoms with van der Waals surface area (Å²) in [4.78, 5) is 0. The van der Waals surface area contributed by atoms with Crippen molar-refractivity contribution in [3.63, 3.8) is 0 Å². The van der Waals surface area contributed by atoms with Crippen LogP contribution in [-0.4, -0.2) is 25.7 Å². The van der Waals surface area contributed by atoms with E-state index in [1.54, 1.807) is 38.5 Å². The first-order valence-electron chi connectivity index (χ1n) is 8.25. The Labute approximate surface area is 111 Å². The van der Waals surface area contributed by atoms with Crippen LogP contribution in [0.4, 0.5) is 0 Å². The minimum atomic E-state index is 0.717. The molecule has 0 aromatic rings. The molecule has 18 heavy (non-hydrogen) atoms. The molecule has 0 amide bonds. The normalized spacial score (nSPS) is 45.7. The Hall–Kier alpha value is -0.0800. The number of rotatable bonds is 6. The van der Waals surface area contributed by atoms with Gasteiger partial charge in [0.15, 0.2) is 0 Å². The lowest BCUT2D eigenvalue weighted by Crippen LogP contribution is -2.50. The summed E-state index contributed by atoms with van der Waals surface area (Å²) in [6.45, 7) is 3.66. The van der Waals surface area contributed by atoms with Gasteiger partial charge in [-0.2, -0.15) is 0 Å². The van der Waals surface area contributed by atoms with Crippen molar-refractivity contribution >= 4 is 0 Å². The van der Waals surface area contributed by atoms with E-state index in [9.17, 15) is 0 Å². The molecule has 5 saturated carbocycles. The van der Waals surface area contributed by atoms with Crippen LogP contribution in [0.2, 0.25) is 0 Å². The van der Waals surface area contributed by atoms with Crippen LogP contribution in [0.3, 0.4) is 0 Å². The van der Waals surface area contributed by atoms with Gasteiger partial charge in [-0.3, -0.25) is 0 Å². The fraction of sp³-hybridized carbons (Fsp3) is 1.00. The number of nitrogens with one attached hydrogen (secondary N) is 2. The molecule has 0 aromatic carbocycles. The average molecular weight is 248 g/mol. The summed E-state index contributed by atoms with van der Waals surface area (Å²) in [6, 6.07) is 0.867. The van der Waals surface area contributed by atoms with Crippen LogP contribution in [0, 0.1) is 23.2 Å². The third-order valence-electron chi connectivity index (χ3n) is 5.98. The maximum Gasteiger partial charge on any atom is 0.00793 e. The monoisotopic (exact) mass is 248 g/mol. The van der Waals surface area contributed by atoms with E-state index in [4.69, 9.17) is 0 Å². The van der Waals surface area contributed by atoms with Crippen LogP contribution >= 0.6 is 0 Å². The third kappa shape index (κ3) is 2.34. The zero-order valence-electron chi connectivity index (χ0n) is 11.6. The molecule has 5 rings (SSSR count). The second-order valence-electron chi connectivity index (χ2n) is 7.82. The van der Waals surface area contributed by atoms with Crippen molar-refractivity contribution in [3.8, 4) is 0 Å². The van der Waals surface area contributed by atoms with Crippen molar-refractivity contribution in [1.29, 1.82) is 0 Å². The molecule has 5 aliphatic rings. The van der Waals surface area contributed by atoms with Crippen molar-refractivity contribution < 1.29 is 0 Å². The van der Waals surface area contributed by atoms with Crippen molar-refractivity contribution in [3.05, 3.63) is 0 Å². The van der Waals surface area contributed by atoms with Gasteiger partial charge in [0.1, 0.15) is 0 Å². The topological polar surface area (TPSA) is 24.1 Å². The smallest absolute Gasteiger partial charge is 0.00793 e. The lowest BCUT2D eigenvalue weighted by molar-refractivity contribution is -0.0511. The van der Waals surface area contributed by atoms with Gasteiger partial charge in [-0.15, -0.1) is 0 Å². The van der Waals surface area contributed by atoms with E-state index in [2.05, 4.69) is 10.6 Å². The number of hydrogen-bond donors (Lipinski definition) is 2. The van der Waals surface area contributed by atoms with Gasteiger partial charge < -0.3 is 10.6 Å². The molecule has 0 heterocycles. The van der Waals surface area contributed by atoms with Crippen molar-refractivity contribution in [1.82, 2.24) is 10.6 Å². The lowest BCUT2D eigenvalue weighted by atomic mass is 9.49. The summed E-state index contributed by atoms with van der Waals surface area (Å²) in [5.41, 5.74) is 0.717. The molecule has 102 valence electrons. The van der Waals surface area contributed by atoms with Crippen LogP contribution in [0.25, 0.3) is 0 Å². The summed E-state index contributed by atoms with van der Waals surface area (Å²) >= 11 is 0. The molecular formula is C16H28N2. The Morgan fingerprint density at radius 1 is 0.833 bits per heavy atom. The van der Waals surface area contributed by atoms with Gasteiger partial charge >= 0.3 is 0 Å². The van der Waals surface area contributed by atoms with Gasteiger partial charge in [-0.05, 0) is 74.5 Å². The molecule has 0 radical (unpaired) electrons. The van der Waals surface area contributed by atoms with E-state index in [1.807, 2.05) is 0 Å². The van der Waals surface area contributed by atoms with Crippen molar-refractivity contribution in [2.75, 3.05) is 19.6 Å². The summed E-state index contributed by atoms with van der Waals surface area (Å²) in [5.74, 6) is 3.30. The lowest BCUT2D eigenvalue weighted by Gasteiger charge is -2.57. The quantitative estimate of drug-likeness (QED) is 0.706. The molecule has 2 N–H and O–H groups in total. The molecule has 2 nitrogen and oxygen atoms in total. The standard InChI is InChI=1S/C16H28N2/c1-2-15(1)18-4-3-17-11-16-8-12-5-13(9-16)7-14(6-12)10-16/h12-15,17-18H,1-11H2.